The van der Waals surface area contributed by atoms with Crippen LogP contribution >= 0.6 is 0 Å². The van der Waals surface area contributed by atoms with E-state index in [9.17, 15) is 0 Å². The Morgan fingerprint density at radius 3 is 2.84 bits per heavy atom. The molecule has 0 aliphatic heterocycles. The third-order valence-electron chi connectivity index (χ3n) is 3.29. The lowest BCUT2D eigenvalue weighted by atomic mass is 10.1. The maximum absolute atomic E-state index is 8.72. The van der Waals surface area contributed by atoms with Gasteiger partial charge in [0.25, 0.3) is 0 Å². The van der Waals surface area contributed by atoms with E-state index in [0.717, 1.165) is 12.1 Å². The van der Waals surface area contributed by atoms with Crippen molar-refractivity contribution in [2.45, 2.75) is 45.7 Å². The minimum absolute atomic E-state index is 0.129. The number of hydrogen-bond donors (Lipinski definition) is 1. The Morgan fingerprint density at radius 2 is 2.16 bits per heavy atom. The molecular formula is C17H25NO. The second kappa shape index (κ2) is 8.74. The van der Waals surface area contributed by atoms with E-state index in [1.54, 1.807) is 0 Å². The van der Waals surface area contributed by atoms with Gasteiger partial charge in [0.2, 0.25) is 0 Å². The SMILES string of the molecule is CCCC(C)N(C)Cc1cccc(C#CCCO)c1. The van der Waals surface area contributed by atoms with E-state index in [4.69, 9.17) is 5.11 Å². The average Bonchev–Trinajstić information content (AvgIpc) is 2.40. The Kier molecular flexibility index (Phi) is 7.25. The topological polar surface area (TPSA) is 23.5 Å². The fourth-order valence-corrected chi connectivity index (χ4v) is 2.05. The van der Waals surface area contributed by atoms with Crippen LogP contribution in [0.15, 0.2) is 24.3 Å². The first-order valence-corrected chi connectivity index (χ1v) is 7.06. The van der Waals surface area contributed by atoms with Gasteiger partial charge in [-0.2, -0.15) is 0 Å². The quantitative estimate of drug-likeness (QED) is 0.794. The number of hydrogen-bond acceptors (Lipinski definition) is 2. The first-order chi connectivity index (χ1) is 9.17. The van der Waals surface area contributed by atoms with Crippen LogP contribution in [0.4, 0.5) is 0 Å². The smallest absolute Gasteiger partial charge is 0.0540 e. The largest absolute Gasteiger partial charge is 0.395 e. The molecule has 0 heterocycles. The lowest BCUT2D eigenvalue weighted by Gasteiger charge is -2.24. The molecule has 104 valence electrons. The molecule has 0 fully saturated rings. The third kappa shape index (κ3) is 5.92. The molecule has 0 aromatic heterocycles. The standard InChI is InChI=1S/C17H25NO/c1-4-8-15(2)18(3)14-17-11-7-10-16(13-17)9-5-6-12-19/h7,10-11,13,15,19H,4,6,8,12,14H2,1-3H3. The summed E-state index contributed by atoms with van der Waals surface area (Å²) in [5.74, 6) is 6.05. The van der Waals surface area contributed by atoms with Gasteiger partial charge < -0.3 is 5.11 Å². The molecule has 19 heavy (non-hydrogen) atoms. The van der Waals surface area contributed by atoms with Gasteiger partial charge in [0.15, 0.2) is 0 Å². The fraction of sp³-hybridized carbons (Fsp3) is 0.529. The number of aliphatic hydroxyl groups excluding tert-OH is 1. The van der Waals surface area contributed by atoms with Gasteiger partial charge in [0, 0.05) is 24.6 Å². The number of rotatable bonds is 6. The van der Waals surface area contributed by atoms with Gasteiger partial charge in [0.05, 0.1) is 6.61 Å². The molecule has 0 aliphatic carbocycles. The highest BCUT2D eigenvalue weighted by Crippen LogP contribution is 2.11. The third-order valence-corrected chi connectivity index (χ3v) is 3.29. The van der Waals surface area contributed by atoms with Gasteiger partial charge in [-0.15, -0.1) is 0 Å². The van der Waals surface area contributed by atoms with E-state index in [1.165, 1.54) is 18.4 Å². The van der Waals surface area contributed by atoms with Crippen molar-refractivity contribution in [1.82, 2.24) is 4.90 Å². The van der Waals surface area contributed by atoms with Crippen LogP contribution in [0.1, 0.15) is 44.2 Å². The Balaban J connectivity index is 2.64. The summed E-state index contributed by atoms with van der Waals surface area (Å²) in [7, 11) is 2.17. The van der Waals surface area contributed by atoms with E-state index >= 15 is 0 Å². The summed E-state index contributed by atoms with van der Waals surface area (Å²) in [6.45, 7) is 5.58. The molecule has 1 aromatic carbocycles. The molecule has 1 rings (SSSR count). The van der Waals surface area contributed by atoms with E-state index in [2.05, 4.69) is 55.8 Å². The second-order valence-electron chi connectivity index (χ2n) is 5.03. The lowest BCUT2D eigenvalue weighted by molar-refractivity contribution is 0.237. The van der Waals surface area contributed by atoms with Crippen molar-refractivity contribution in [3.05, 3.63) is 35.4 Å². The van der Waals surface area contributed by atoms with Gasteiger partial charge >= 0.3 is 0 Å². The van der Waals surface area contributed by atoms with Crippen LogP contribution < -0.4 is 0 Å². The first-order valence-electron chi connectivity index (χ1n) is 7.06. The fourth-order valence-electron chi connectivity index (χ4n) is 2.05. The van der Waals surface area contributed by atoms with Crippen LogP contribution in [0.5, 0.6) is 0 Å². The summed E-state index contributed by atoms with van der Waals surface area (Å²) in [6.07, 6.45) is 2.99. The first kappa shape index (κ1) is 15.8. The molecule has 1 unspecified atom stereocenters. The summed E-state index contributed by atoms with van der Waals surface area (Å²) >= 11 is 0. The van der Waals surface area contributed by atoms with Crippen molar-refractivity contribution in [2.24, 2.45) is 0 Å². The van der Waals surface area contributed by atoms with Gasteiger partial charge in [0.1, 0.15) is 0 Å². The highest BCUT2D eigenvalue weighted by molar-refractivity contribution is 5.37. The zero-order chi connectivity index (χ0) is 14.1. The van der Waals surface area contributed by atoms with Crippen LogP contribution in [0.2, 0.25) is 0 Å². The van der Waals surface area contributed by atoms with Crippen molar-refractivity contribution in [1.29, 1.82) is 0 Å². The lowest BCUT2D eigenvalue weighted by Crippen LogP contribution is -2.28. The van der Waals surface area contributed by atoms with Gasteiger partial charge in [-0.1, -0.05) is 37.3 Å². The second-order valence-corrected chi connectivity index (χ2v) is 5.03. The van der Waals surface area contributed by atoms with Crippen molar-refractivity contribution in [3.8, 4) is 11.8 Å². The maximum atomic E-state index is 8.72. The van der Waals surface area contributed by atoms with Crippen LogP contribution in [-0.2, 0) is 6.54 Å². The number of aliphatic hydroxyl groups is 1. The Bertz CT molecular complexity index is 430. The summed E-state index contributed by atoms with van der Waals surface area (Å²) in [4.78, 5) is 2.38. The normalized spacial score (nSPS) is 12.1. The highest BCUT2D eigenvalue weighted by atomic mass is 16.2. The summed E-state index contributed by atoms with van der Waals surface area (Å²) < 4.78 is 0. The van der Waals surface area contributed by atoms with Gasteiger partial charge in [-0.3, -0.25) is 4.90 Å². The van der Waals surface area contributed by atoms with Crippen LogP contribution in [0.3, 0.4) is 0 Å². The van der Waals surface area contributed by atoms with Crippen molar-refractivity contribution < 1.29 is 5.11 Å². The van der Waals surface area contributed by atoms with Gasteiger partial charge in [-0.25, -0.2) is 0 Å². The Labute approximate surface area is 117 Å². The van der Waals surface area contributed by atoms with Crippen LogP contribution in [0, 0.1) is 11.8 Å². The molecular weight excluding hydrogens is 234 g/mol. The van der Waals surface area contributed by atoms with E-state index in [-0.39, 0.29) is 6.61 Å². The highest BCUT2D eigenvalue weighted by Gasteiger charge is 2.08. The zero-order valence-corrected chi connectivity index (χ0v) is 12.3. The molecule has 0 saturated carbocycles. The summed E-state index contributed by atoms with van der Waals surface area (Å²) in [6, 6.07) is 8.96. The predicted molar refractivity (Wildman–Crippen MR) is 80.9 cm³/mol. The molecule has 1 N–H and O–H groups in total. The van der Waals surface area contributed by atoms with E-state index in [1.807, 2.05) is 6.07 Å². The molecule has 2 heteroatoms. The molecule has 1 aromatic rings. The monoisotopic (exact) mass is 259 g/mol. The summed E-state index contributed by atoms with van der Waals surface area (Å²) in [5, 5.41) is 8.72. The zero-order valence-electron chi connectivity index (χ0n) is 12.3. The Morgan fingerprint density at radius 1 is 1.37 bits per heavy atom. The van der Waals surface area contributed by atoms with E-state index in [0.29, 0.717) is 12.5 Å². The van der Waals surface area contributed by atoms with E-state index < -0.39 is 0 Å². The molecule has 0 spiro atoms. The molecule has 2 nitrogen and oxygen atoms in total. The minimum Gasteiger partial charge on any atom is -0.395 e. The molecule has 1 atom stereocenters. The number of nitrogens with zero attached hydrogens (tertiary/aromatic N) is 1. The number of benzene rings is 1. The van der Waals surface area contributed by atoms with Crippen molar-refractivity contribution >= 4 is 0 Å². The van der Waals surface area contributed by atoms with Gasteiger partial charge in [-0.05, 0) is 38.1 Å². The Hall–Kier alpha value is -1.30. The van der Waals surface area contributed by atoms with Crippen molar-refractivity contribution in [3.63, 3.8) is 0 Å². The molecule has 0 bridgehead atoms. The molecule has 0 amide bonds. The molecule has 0 aliphatic rings. The average molecular weight is 259 g/mol. The predicted octanol–water partition coefficient (Wildman–Crippen LogP) is 3.04. The maximum Gasteiger partial charge on any atom is 0.0540 e. The summed E-state index contributed by atoms with van der Waals surface area (Å²) in [5.41, 5.74) is 2.32. The molecule has 0 saturated heterocycles. The minimum atomic E-state index is 0.129. The van der Waals surface area contributed by atoms with Crippen LogP contribution in [0.25, 0.3) is 0 Å². The van der Waals surface area contributed by atoms with Crippen molar-refractivity contribution in [2.75, 3.05) is 13.7 Å². The molecule has 0 radical (unpaired) electrons. The van der Waals surface area contributed by atoms with Crippen LogP contribution in [-0.4, -0.2) is 29.7 Å².